The molecule has 0 aliphatic carbocycles. The van der Waals surface area contributed by atoms with E-state index in [0.717, 1.165) is 33.4 Å². The largest absolute Gasteiger partial charge is 0.457 e. The molecule has 1 aromatic heterocycles. The van der Waals surface area contributed by atoms with E-state index in [-0.39, 0.29) is 19.2 Å². The number of rotatable bonds is 8. The summed E-state index contributed by atoms with van der Waals surface area (Å²) < 4.78 is 5.78. The van der Waals surface area contributed by atoms with E-state index in [4.69, 9.17) is 4.74 Å². The molecule has 2 amide bonds. The number of hydrogen-bond acceptors (Lipinski definition) is 6. The van der Waals surface area contributed by atoms with Crippen LogP contribution in [0.3, 0.4) is 0 Å². The number of nitrogens with one attached hydrogen (secondary N) is 2. The second-order valence-corrected chi connectivity index (χ2v) is 9.95. The van der Waals surface area contributed by atoms with Crippen molar-refractivity contribution in [3.63, 3.8) is 0 Å². The molecule has 5 aromatic rings. The molecule has 9 heteroatoms. The zero-order valence-electron chi connectivity index (χ0n) is 22.9. The number of aromatic amines is 1. The number of carbonyl (C=O) groups is 2. The monoisotopic (exact) mass is 556 g/mol. The standard InChI is InChI=1S/C33H28N6O3/c1-22-29(32(40)42-21-24-8-4-2-5-9-24)30(27-18-16-26(17-19-27)25-10-6-3-7-11-25)34-33(41)39(22)20-23-12-14-28(15-13-23)31-35-37-38-36-31/h2-19,30H,20-21H2,1H3,(H,34,41)(H,35,36,37,38). The lowest BCUT2D eigenvalue weighted by Crippen LogP contribution is -2.47. The Labute approximate surface area is 242 Å². The van der Waals surface area contributed by atoms with E-state index >= 15 is 0 Å². The first-order valence-corrected chi connectivity index (χ1v) is 13.5. The lowest BCUT2D eigenvalue weighted by Gasteiger charge is -2.35. The van der Waals surface area contributed by atoms with Crippen molar-refractivity contribution in [1.29, 1.82) is 0 Å². The van der Waals surface area contributed by atoms with Gasteiger partial charge in [-0.25, -0.2) is 9.59 Å². The topological polar surface area (TPSA) is 113 Å². The summed E-state index contributed by atoms with van der Waals surface area (Å²) in [6, 6.07) is 34.0. The Bertz CT molecular complexity index is 1700. The molecule has 2 heterocycles. The number of aromatic nitrogens is 4. The van der Waals surface area contributed by atoms with Gasteiger partial charge in [0.25, 0.3) is 0 Å². The summed E-state index contributed by atoms with van der Waals surface area (Å²) in [6.07, 6.45) is 0. The normalized spacial score (nSPS) is 14.9. The van der Waals surface area contributed by atoms with Crippen LogP contribution in [0.5, 0.6) is 0 Å². The summed E-state index contributed by atoms with van der Waals surface area (Å²) in [5.41, 5.74) is 6.40. The van der Waals surface area contributed by atoms with Gasteiger partial charge >= 0.3 is 12.0 Å². The Morgan fingerprint density at radius 3 is 2.12 bits per heavy atom. The van der Waals surface area contributed by atoms with Gasteiger partial charge < -0.3 is 10.1 Å². The Morgan fingerprint density at radius 1 is 0.810 bits per heavy atom. The third kappa shape index (κ3) is 5.66. The van der Waals surface area contributed by atoms with Crippen LogP contribution in [-0.4, -0.2) is 37.5 Å². The highest BCUT2D eigenvalue weighted by Crippen LogP contribution is 2.33. The molecule has 0 saturated carbocycles. The Morgan fingerprint density at radius 2 is 1.45 bits per heavy atom. The van der Waals surface area contributed by atoms with Gasteiger partial charge in [0, 0.05) is 11.3 Å². The minimum absolute atomic E-state index is 0.127. The van der Waals surface area contributed by atoms with Crippen LogP contribution in [-0.2, 0) is 22.7 Å². The fourth-order valence-corrected chi connectivity index (χ4v) is 5.01. The molecule has 9 nitrogen and oxygen atoms in total. The zero-order valence-corrected chi connectivity index (χ0v) is 22.9. The number of H-pyrrole nitrogens is 1. The van der Waals surface area contributed by atoms with Gasteiger partial charge in [0.15, 0.2) is 0 Å². The molecule has 2 N–H and O–H groups in total. The van der Waals surface area contributed by atoms with Crippen LogP contribution >= 0.6 is 0 Å². The van der Waals surface area contributed by atoms with Crippen molar-refractivity contribution in [2.45, 2.75) is 26.1 Å². The molecule has 6 rings (SSSR count). The average Bonchev–Trinajstić information content (AvgIpc) is 3.58. The number of nitrogens with zero attached hydrogens (tertiary/aromatic N) is 4. The van der Waals surface area contributed by atoms with Crippen molar-refractivity contribution in [2.75, 3.05) is 0 Å². The van der Waals surface area contributed by atoms with Gasteiger partial charge in [-0.15, -0.1) is 10.2 Å². The fourth-order valence-electron chi connectivity index (χ4n) is 5.01. The van der Waals surface area contributed by atoms with E-state index < -0.39 is 12.0 Å². The highest BCUT2D eigenvalue weighted by Gasteiger charge is 2.36. The van der Waals surface area contributed by atoms with Crippen LogP contribution in [0.4, 0.5) is 4.79 Å². The predicted molar refractivity (Wildman–Crippen MR) is 157 cm³/mol. The average molecular weight is 557 g/mol. The highest BCUT2D eigenvalue weighted by molar-refractivity contribution is 5.95. The number of urea groups is 1. The molecule has 1 unspecified atom stereocenters. The van der Waals surface area contributed by atoms with Gasteiger partial charge in [0.05, 0.1) is 18.2 Å². The molecule has 0 saturated heterocycles. The van der Waals surface area contributed by atoms with Crippen LogP contribution in [0.25, 0.3) is 22.5 Å². The zero-order chi connectivity index (χ0) is 28.9. The SMILES string of the molecule is CC1=C(C(=O)OCc2ccccc2)C(c2ccc(-c3ccccc3)cc2)NC(=O)N1Cc1ccc(-c2nn[nH]n2)cc1. The molecule has 0 spiro atoms. The number of benzene rings is 4. The second-order valence-electron chi connectivity index (χ2n) is 9.95. The van der Waals surface area contributed by atoms with Crippen LogP contribution in [0.1, 0.15) is 29.7 Å². The maximum absolute atomic E-state index is 13.7. The number of amides is 2. The molecule has 1 atom stereocenters. The van der Waals surface area contributed by atoms with E-state index in [2.05, 4.69) is 25.9 Å². The number of carbonyl (C=O) groups excluding carboxylic acids is 2. The van der Waals surface area contributed by atoms with Crippen molar-refractivity contribution >= 4 is 12.0 Å². The van der Waals surface area contributed by atoms with Gasteiger partial charge in [-0.05, 0) is 40.0 Å². The van der Waals surface area contributed by atoms with Crippen LogP contribution in [0.15, 0.2) is 120 Å². The van der Waals surface area contributed by atoms with Gasteiger partial charge in [-0.2, -0.15) is 5.21 Å². The molecule has 0 bridgehead atoms. The van der Waals surface area contributed by atoms with E-state index in [1.807, 2.05) is 109 Å². The Hall–Kier alpha value is -5.57. The van der Waals surface area contributed by atoms with Crippen molar-refractivity contribution in [2.24, 2.45) is 0 Å². The first-order valence-electron chi connectivity index (χ1n) is 13.5. The molecule has 4 aromatic carbocycles. The van der Waals surface area contributed by atoms with Crippen LogP contribution < -0.4 is 5.32 Å². The van der Waals surface area contributed by atoms with Crippen molar-refractivity contribution in [1.82, 2.24) is 30.8 Å². The fraction of sp³-hybridized carbons (Fsp3) is 0.121. The third-order valence-electron chi connectivity index (χ3n) is 7.28. The van der Waals surface area contributed by atoms with E-state index in [1.54, 1.807) is 11.8 Å². The van der Waals surface area contributed by atoms with Crippen LogP contribution in [0, 0.1) is 0 Å². The Kier molecular flexibility index (Phi) is 7.54. The number of esters is 1. The van der Waals surface area contributed by atoms with Crippen molar-refractivity contribution < 1.29 is 14.3 Å². The quantitative estimate of drug-likeness (QED) is 0.233. The van der Waals surface area contributed by atoms with Gasteiger partial charge in [-0.1, -0.05) is 109 Å². The maximum Gasteiger partial charge on any atom is 0.338 e. The molecule has 42 heavy (non-hydrogen) atoms. The molecule has 0 radical (unpaired) electrons. The molecule has 208 valence electrons. The first-order chi connectivity index (χ1) is 20.6. The number of allylic oxidation sites excluding steroid dienone is 1. The lowest BCUT2D eigenvalue weighted by molar-refractivity contribution is -0.141. The number of ether oxygens (including phenoxy) is 1. The summed E-state index contributed by atoms with van der Waals surface area (Å²) in [7, 11) is 0. The molecule has 1 aliphatic heterocycles. The minimum atomic E-state index is -0.664. The van der Waals surface area contributed by atoms with E-state index in [1.165, 1.54) is 0 Å². The van der Waals surface area contributed by atoms with E-state index in [0.29, 0.717) is 17.1 Å². The van der Waals surface area contributed by atoms with Crippen LogP contribution in [0.2, 0.25) is 0 Å². The number of hydrogen-bond donors (Lipinski definition) is 2. The molecule has 1 aliphatic rings. The smallest absolute Gasteiger partial charge is 0.338 e. The summed E-state index contributed by atoms with van der Waals surface area (Å²) in [4.78, 5) is 28.7. The first kappa shape index (κ1) is 26.6. The second kappa shape index (κ2) is 11.9. The van der Waals surface area contributed by atoms with Gasteiger partial charge in [0.1, 0.15) is 6.61 Å². The summed E-state index contributed by atoms with van der Waals surface area (Å²) in [5.74, 6) is 0.00357. The van der Waals surface area contributed by atoms with Gasteiger partial charge in [0.2, 0.25) is 5.82 Å². The highest BCUT2D eigenvalue weighted by atomic mass is 16.5. The summed E-state index contributed by atoms with van der Waals surface area (Å²) >= 11 is 0. The molecular formula is C33H28N6O3. The maximum atomic E-state index is 13.7. The minimum Gasteiger partial charge on any atom is -0.457 e. The molecular weight excluding hydrogens is 528 g/mol. The van der Waals surface area contributed by atoms with E-state index in [9.17, 15) is 9.59 Å². The number of tetrazole rings is 1. The Balaban J connectivity index is 1.30. The van der Waals surface area contributed by atoms with Crippen molar-refractivity contribution in [3.05, 3.63) is 137 Å². The van der Waals surface area contributed by atoms with Gasteiger partial charge in [-0.3, -0.25) is 4.90 Å². The lowest BCUT2D eigenvalue weighted by atomic mass is 9.93. The summed E-state index contributed by atoms with van der Waals surface area (Å²) in [6.45, 7) is 2.18. The predicted octanol–water partition coefficient (Wildman–Crippen LogP) is 5.82. The molecule has 0 fully saturated rings. The third-order valence-corrected chi connectivity index (χ3v) is 7.28. The van der Waals surface area contributed by atoms with Crippen molar-refractivity contribution in [3.8, 4) is 22.5 Å². The summed E-state index contributed by atoms with van der Waals surface area (Å²) in [5, 5.41) is 17.1.